The molecule has 0 bridgehead atoms. The summed E-state index contributed by atoms with van der Waals surface area (Å²) < 4.78 is 0. The molecule has 0 aliphatic rings. The van der Waals surface area contributed by atoms with Crippen molar-refractivity contribution in [2.24, 2.45) is 0 Å². The number of nitrogens with one attached hydrogen (secondary N) is 1. The first-order chi connectivity index (χ1) is 9.72. The molecule has 1 aromatic heterocycles. The van der Waals surface area contributed by atoms with Crippen molar-refractivity contribution >= 4 is 22.4 Å². The second-order valence-electron chi connectivity index (χ2n) is 4.73. The van der Waals surface area contributed by atoms with Crippen LogP contribution >= 0.6 is 0 Å². The highest BCUT2D eigenvalue weighted by Gasteiger charge is 2.04. The Labute approximate surface area is 117 Å². The van der Waals surface area contributed by atoms with E-state index in [0.717, 1.165) is 28.2 Å². The SMILES string of the molecule is Cc1nc(NCc2ccc(N)cc2)c2ccccc2n1. The van der Waals surface area contributed by atoms with Crippen LogP contribution < -0.4 is 11.1 Å². The summed E-state index contributed by atoms with van der Waals surface area (Å²) in [5.74, 6) is 1.63. The van der Waals surface area contributed by atoms with Crippen molar-refractivity contribution in [2.45, 2.75) is 13.5 Å². The molecule has 0 spiro atoms. The van der Waals surface area contributed by atoms with Gasteiger partial charge >= 0.3 is 0 Å². The van der Waals surface area contributed by atoms with E-state index in [1.54, 1.807) is 0 Å². The van der Waals surface area contributed by atoms with Crippen LogP contribution in [0.1, 0.15) is 11.4 Å². The fourth-order valence-corrected chi connectivity index (χ4v) is 2.15. The molecule has 4 heteroatoms. The van der Waals surface area contributed by atoms with Crippen molar-refractivity contribution in [1.29, 1.82) is 0 Å². The molecule has 3 rings (SSSR count). The smallest absolute Gasteiger partial charge is 0.137 e. The Morgan fingerprint density at radius 1 is 1.00 bits per heavy atom. The van der Waals surface area contributed by atoms with Crippen LogP contribution in [0.4, 0.5) is 11.5 Å². The zero-order valence-corrected chi connectivity index (χ0v) is 11.3. The van der Waals surface area contributed by atoms with E-state index in [1.807, 2.05) is 55.5 Å². The topological polar surface area (TPSA) is 63.8 Å². The Balaban J connectivity index is 1.88. The number of hydrogen-bond acceptors (Lipinski definition) is 4. The van der Waals surface area contributed by atoms with E-state index in [0.29, 0.717) is 6.54 Å². The van der Waals surface area contributed by atoms with Crippen LogP contribution in [0.5, 0.6) is 0 Å². The van der Waals surface area contributed by atoms with E-state index in [9.17, 15) is 0 Å². The third kappa shape index (κ3) is 2.54. The lowest BCUT2D eigenvalue weighted by Gasteiger charge is -2.09. The summed E-state index contributed by atoms with van der Waals surface area (Å²) in [4.78, 5) is 8.92. The Hall–Kier alpha value is -2.62. The second kappa shape index (κ2) is 5.17. The fourth-order valence-electron chi connectivity index (χ4n) is 2.15. The van der Waals surface area contributed by atoms with E-state index in [2.05, 4.69) is 15.3 Å². The van der Waals surface area contributed by atoms with Crippen molar-refractivity contribution in [3.05, 3.63) is 59.9 Å². The van der Waals surface area contributed by atoms with Crippen molar-refractivity contribution in [3.63, 3.8) is 0 Å². The third-order valence-corrected chi connectivity index (χ3v) is 3.15. The number of benzene rings is 2. The first kappa shape index (κ1) is 12.4. The molecule has 2 aromatic carbocycles. The number of anilines is 2. The molecule has 0 radical (unpaired) electrons. The molecule has 0 unspecified atom stereocenters. The predicted molar refractivity (Wildman–Crippen MR) is 82.5 cm³/mol. The van der Waals surface area contributed by atoms with Crippen LogP contribution in [0, 0.1) is 6.92 Å². The molecule has 0 atom stereocenters. The van der Waals surface area contributed by atoms with Gasteiger partial charge < -0.3 is 11.1 Å². The highest BCUT2D eigenvalue weighted by Crippen LogP contribution is 2.20. The third-order valence-electron chi connectivity index (χ3n) is 3.15. The lowest BCUT2D eigenvalue weighted by Crippen LogP contribution is -2.04. The van der Waals surface area contributed by atoms with Crippen molar-refractivity contribution in [2.75, 3.05) is 11.1 Å². The van der Waals surface area contributed by atoms with Gasteiger partial charge in [-0.2, -0.15) is 0 Å². The highest BCUT2D eigenvalue weighted by atomic mass is 15.0. The Bertz CT molecular complexity index is 735. The molecule has 4 nitrogen and oxygen atoms in total. The summed E-state index contributed by atoms with van der Waals surface area (Å²) in [5, 5.41) is 4.41. The first-order valence-corrected chi connectivity index (χ1v) is 6.54. The monoisotopic (exact) mass is 264 g/mol. The van der Waals surface area contributed by atoms with E-state index >= 15 is 0 Å². The van der Waals surface area contributed by atoms with E-state index in [4.69, 9.17) is 5.73 Å². The standard InChI is InChI=1S/C16H16N4/c1-11-19-15-5-3-2-4-14(15)16(20-11)18-10-12-6-8-13(17)9-7-12/h2-9H,10,17H2,1H3,(H,18,19,20). The van der Waals surface area contributed by atoms with E-state index in [1.165, 1.54) is 5.56 Å². The molecule has 3 aromatic rings. The number of para-hydroxylation sites is 1. The van der Waals surface area contributed by atoms with Gasteiger partial charge in [-0.05, 0) is 36.8 Å². The molecule has 0 aliphatic carbocycles. The molecule has 20 heavy (non-hydrogen) atoms. The van der Waals surface area contributed by atoms with Gasteiger partial charge in [0.15, 0.2) is 0 Å². The molecular formula is C16H16N4. The number of hydrogen-bond donors (Lipinski definition) is 2. The number of nitrogens with zero attached hydrogens (tertiary/aromatic N) is 2. The molecule has 0 aliphatic heterocycles. The van der Waals surface area contributed by atoms with Gasteiger partial charge in [-0.1, -0.05) is 24.3 Å². The average molecular weight is 264 g/mol. The van der Waals surface area contributed by atoms with Crippen LogP contribution in [0.3, 0.4) is 0 Å². The normalized spacial score (nSPS) is 10.7. The van der Waals surface area contributed by atoms with Crippen molar-refractivity contribution in [3.8, 4) is 0 Å². The number of aryl methyl sites for hydroxylation is 1. The summed E-state index contributed by atoms with van der Waals surface area (Å²) in [5.41, 5.74) is 8.59. The van der Waals surface area contributed by atoms with Crippen LogP contribution in [-0.2, 0) is 6.54 Å². The van der Waals surface area contributed by atoms with Crippen LogP contribution in [0.15, 0.2) is 48.5 Å². The molecule has 3 N–H and O–H groups in total. The largest absolute Gasteiger partial charge is 0.399 e. The predicted octanol–water partition coefficient (Wildman–Crippen LogP) is 3.13. The summed E-state index contributed by atoms with van der Waals surface area (Å²) in [6.45, 7) is 2.61. The summed E-state index contributed by atoms with van der Waals surface area (Å²) in [6.07, 6.45) is 0. The van der Waals surface area contributed by atoms with Gasteiger partial charge in [0, 0.05) is 17.6 Å². The Morgan fingerprint density at radius 2 is 1.75 bits per heavy atom. The quantitative estimate of drug-likeness (QED) is 0.713. The fraction of sp³-hybridized carbons (Fsp3) is 0.125. The van der Waals surface area contributed by atoms with Crippen molar-refractivity contribution < 1.29 is 0 Å². The van der Waals surface area contributed by atoms with Gasteiger partial charge in [0.05, 0.1) is 5.52 Å². The van der Waals surface area contributed by atoms with Gasteiger partial charge in [-0.15, -0.1) is 0 Å². The molecule has 100 valence electrons. The summed E-state index contributed by atoms with van der Waals surface area (Å²) in [7, 11) is 0. The van der Waals surface area contributed by atoms with Gasteiger partial charge in [0.2, 0.25) is 0 Å². The number of fused-ring (bicyclic) bond motifs is 1. The molecule has 1 heterocycles. The number of rotatable bonds is 3. The van der Waals surface area contributed by atoms with Gasteiger partial charge in [-0.3, -0.25) is 0 Å². The molecule has 0 fully saturated rings. The van der Waals surface area contributed by atoms with Crippen LogP contribution in [0.2, 0.25) is 0 Å². The number of aromatic nitrogens is 2. The van der Waals surface area contributed by atoms with Gasteiger partial charge in [0.25, 0.3) is 0 Å². The zero-order valence-electron chi connectivity index (χ0n) is 11.3. The average Bonchev–Trinajstić information content (AvgIpc) is 2.46. The van der Waals surface area contributed by atoms with Gasteiger partial charge in [-0.25, -0.2) is 9.97 Å². The zero-order chi connectivity index (χ0) is 13.9. The molecular weight excluding hydrogens is 248 g/mol. The minimum absolute atomic E-state index is 0.709. The molecule has 0 amide bonds. The summed E-state index contributed by atoms with van der Waals surface area (Å²) in [6, 6.07) is 15.8. The maximum absolute atomic E-state index is 5.69. The Morgan fingerprint density at radius 3 is 2.55 bits per heavy atom. The maximum Gasteiger partial charge on any atom is 0.137 e. The number of nitrogens with two attached hydrogens (primary N) is 1. The van der Waals surface area contributed by atoms with E-state index in [-0.39, 0.29) is 0 Å². The minimum Gasteiger partial charge on any atom is -0.399 e. The first-order valence-electron chi connectivity index (χ1n) is 6.54. The minimum atomic E-state index is 0.709. The lowest BCUT2D eigenvalue weighted by atomic mass is 10.2. The Kier molecular flexibility index (Phi) is 3.21. The van der Waals surface area contributed by atoms with Crippen LogP contribution in [0.25, 0.3) is 10.9 Å². The molecule has 0 saturated carbocycles. The van der Waals surface area contributed by atoms with Crippen LogP contribution in [-0.4, -0.2) is 9.97 Å². The second-order valence-corrected chi connectivity index (χ2v) is 4.73. The van der Waals surface area contributed by atoms with E-state index < -0.39 is 0 Å². The molecule has 0 saturated heterocycles. The van der Waals surface area contributed by atoms with Gasteiger partial charge in [0.1, 0.15) is 11.6 Å². The maximum atomic E-state index is 5.69. The highest BCUT2D eigenvalue weighted by molar-refractivity contribution is 5.88. The summed E-state index contributed by atoms with van der Waals surface area (Å²) >= 11 is 0. The number of nitrogen functional groups attached to an aromatic ring is 1. The lowest BCUT2D eigenvalue weighted by molar-refractivity contribution is 1.05. The van der Waals surface area contributed by atoms with Crippen molar-refractivity contribution in [1.82, 2.24) is 9.97 Å².